The Bertz CT molecular complexity index is 1130. The van der Waals surface area contributed by atoms with Crippen molar-refractivity contribution in [3.8, 4) is 0 Å². The standard InChI is InChI=1S/C18H23N3O6S2/c1-3-4-9-20-16-8-7-13(28(19,24)25)11-17(16)21-29(26,27)14-6-5-12(2)15(10-14)18(22)23/h5-8,10-11,20-21H,3-4,9H2,1-2H3,(H,22,23)(H2,19,24,25). The van der Waals surface area contributed by atoms with Gasteiger partial charge in [-0.2, -0.15) is 0 Å². The summed E-state index contributed by atoms with van der Waals surface area (Å²) in [5.41, 5.74) is 0.632. The van der Waals surface area contributed by atoms with Crippen molar-refractivity contribution >= 4 is 37.4 Å². The lowest BCUT2D eigenvalue weighted by Gasteiger charge is -2.16. The number of primary sulfonamides is 1. The predicted molar refractivity (Wildman–Crippen MR) is 110 cm³/mol. The minimum atomic E-state index is -4.19. The molecule has 0 aliphatic heterocycles. The number of nitrogens with one attached hydrogen (secondary N) is 2. The van der Waals surface area contributed by atoms with E-state index < -0.39 is 26.0 Å². The van der Waals surface area contributed by atoms with Crippen LogP contribution in [0.4, 0.5) is 11.4 Å². The molecule has 0 amide bonds. The van der Waals surface area contributed by atoms with Crippen LogP contribution in [0.5, 0.6) is 0 Å². The molecule has 2 aromatic carbocycles. The number of carboxylic acids is 1. The molecule has 5 N–H and O–H groups in total. The Morgan fingerprint density at radius 1 is 1.03 bits per heavy atom. The van der Waals surface area contributed by atoms with Crippen molar-refractivity contribution in [3.05, 3.63) is 47.5 Å². The van der Waals surface area contributed by atoms with Crippen LogP contribution in [0, 0.1) is 6.92 Å². The Kier molecular flexibility index (Phi) is 6.88. The molecule has 2 aromatic rings. The molecule has 29 heavy (non-hydrogen) atoms. The van der Waals surface area contributed by atoms with Gasteiger partial charge in [-0.05, 0) is 49.2 Å². The SMILES string of the molecule is CCCCNc1ccc(S(N)(=O)=O)cc1NS(=O)(=O)c1ccc(C)c(C(=O)O)c1. The predicted octanol–water partition coefficient (Wildman–Crippen LogP) is 2.35. The average molecular weight is 442 g/mol. The fourth-order valence-corrected chi connectivity index (χ4v) is 4.18. The van der Waals surface area contributed by atoms with Gasteiger partial charge in [-0.1, -0.05) is 19.4 Å². The average Bonchev–Trinajstić information content (AvgIpc) is 2.61. The highest BCUT2D eigenvalue weighted by Crippen LogP contribution is 2.28. The Labute approximate surface area is 170 Å². The van der Waals surface area contributed by atoms with Crippen molar-refractivity contribution in [2.75, 3.05) is 16.6 Å². The zero-order valence-electron chi connectivity index (χ0n) is 16.0. The van der Waals surface area contributed by atoms with Crippen LogP contribution in [-0.2, 0) is 20.0 Å². The van der Waals surface area contributed by atoms with Crippen LogP contribution in [0.1, 0.15) is 35.7 Å². The number of unbranched alkanes of at least 4 members (excludes halogenated alkanes) is 1. The summed E-state index contributed by atoms with van der Waals surface area (Å²) in [4.78, 5) is 10.8. The number of carbonyl (C=O) groups is 1. The Morgan fingerprint density at radius 2 is 1.69 bits per heavy atom. The van der Waals surface area contributed by atoms with Gasteiger partial charge in [0.25, 0.3) is 10.0 Å². The smallest absolute Gasteiger partial charge is 0.335 e. The third kappa shape index (κ3) is 5.68. The highest BCUT2D eigenvalue weighted by Gasteiger charge is 2.21. The zero-order chi connectivity index (χ0) is 21.8. The lowest BCUT2D eigenvalue weighted by molar-refractivity contribution is 0.0696. The minimum absolute atomic E-state index is 0.00919. The zero-order valence-corrected chi connectivity index (χ0v) is 17.6. The topological polar surface area (TPSA) is 156 Å². The van der Waals surface area contributed by atoms with E-state index in [1.807, 2.05) is 6.92 Å². The van der Waals surface area contributed by atoms with Crippen molar-refractivity contribution < 1.29 is 26.7 Å². The summed E-state index contributed by atoms with van der Waals surface area (Å²) in [5, 5.41) is 17.4. The molecule has 11 heteroatoms. The van der Waals surface area contributed by atoms with Crippen molar-refractivity contribution in [1.82, 2.24) is 0 Å². The highest BCUT2D eigenvalue weighted by atomic mass is 32.2. The quantitative estimate of drug-likeness (QED) is 0.435. The van der Waals surface area contributed by atoms with Gasteiger partial charge < -0.3 is 10.4 Å². The molecule has 0 atom stereocenters. The number of sulfonamides is 2. The van der Waals surface area contributed by atoms with Crippen LogP contribution in [0.25, 0.3) is 0 Å². The number of hydrogen-bond acceptors (Lipinski definition) is 6. The number of benzene rings is 2. The fraction of sp³-hybridized carbons (Fsp3) is 0.278. The number of aromatic carboxylic acids is 1. The van der Waals surface area contributed by atoms with Gasteiger partial charge in [-0.25, -0.2) is 26.8 Å². The first-order valence-electron chi connectivity index (χ1n) is 8.73. The van der Waals surface area contributed by atoms with Crippen molar-refractivity contribution in [2.45, 2.75) is 36.5 Å². The van der Waals surface area contributed by atoms with Crippen LogP contribution in [-0.4, -0.2) is 34.5 Å². The van der Waals surface area contributed by atoms with Gasteiger partial charge in [0.15, 0.2) is 0 Å². The molecule has 0 aliphatic carbocycles. The third-order valence-electron chi connectivity index (χ3n) is 4.16. The van der Waals surface area contributed by atoms with Gasteiger partial charge in [0.05, 0.1) is 26.7 Å². The van der Waals surface area contributed by atoms with E-state index in [4.69, 9.17) is 5.14 Å². The number of rotatable bonds is 9. The molecular formula is C18H23N3O6S2. The normalized spacial score (nSPS) is 11.8. The first kappa shape index (κ1) is 22.7. The van der Waals surface area contributed by atoms with E-state index in [0.717, 1.165) is 25.0 Å². The summed E-state index contributed by atoms with van der Waals surface area (Å²) < 4.78 is 51.3. The number of nitrogens with two attached hydrogens (primary N) is 1. The summed E-state index contributed by atoms with van der Waals surface area (Å²) >= 11 is 0. The van der Waals surface area contributed by atoms with E-state index in [1.54, 1.807) is 6.92 Å². The monoisotopic (exact) mass is 441 g/mol. The van der Waals surface area contributed by atoms with E-state index in [2.05, 4.69) is 10.0 Å². The molecule has 2 rings (SSSR count). The van der Waals surface area contributed by atoms with Crippen molar-refractivity contribution in [2.24, 2.45) is 5.14 Å². The summed E-state index contributed by atoms with van der Waals surface area (Å²) in [7, 11) is -8.24. The highest BCUT2D eigenvalue weighted by molar-refractivity contribution is 7.92. The molecule has 0 fully saturated rings. The van der Waals surface area contributed by atoms with E-state index in [-0.39, 0.29) is 21.0 Å². The number of aryl methyl sites for hydroxylation is 1. The lowest BCUT2D eigenvalue weighted by atomic mass is 10.1. The van der Waals surface area contributed by atoms with Crippen molar-refractivity contribution in [1.29, 1.82) is 0 Å². The summed E-state index contributed by atoms with van der Waals surface area (Å²) in [5.74, 6) is -1.25. The second kappa shape index (κ2) is 8.80. The van der Waals surface area contributed by atoms with Crippen LogP contribution >= 0.6 is 0 Å². The van der Waals surface area contributed by atoms with Crippen LogP contribution in [0.2, 0.25) is 0 Å². The summed E-state index contributed by atoms with van der Waals surface area (Å²) in [6.07, 6.45) is 1.73. The molecule has 0 aromatic heterocycles. The van der Waals surface area contributed by atoms with Gasteiger partial charge in [0, 0.05) is 6.54 Å². The van der Waals surface area contributed by atoms with Gasteiger partial charge >= 0.3 is 5.97 Å². The second-order valence-corrected chi connectivity index (χ2v) is 9.66. The lowest BCUT2D eigenvalue weighted by Crippen LogP contribution is -2.17. The minimum Gasteiger partial charge on any atom is -0.478 e. The maximum absolute atomic E-state index is 12.8. The molecule has 9 nitrogen and oxygen atoms in total. The second-order valence-electron chi connectivity index (χ2n) is 6.42. The fourth-order valence-electron chi connectivity index (χ4n) is 2.54. The maximum Gasteiger partial charge on any atom is 0.335 e. The number of hydrogen-bond donors (Lipinski definition) is 4. The number of anilines is 2. The third-order valence-corrected chi connectivity index (χ3v) is 6.43. The Morgan fingerprint density at radius 3 is 2.28 bits per heavy atom. The molecule has 158 valence electrons. The first-order valence-corrected chi connectivity index (χ1v) is 11.8. The molecule has 0 heterocycles. The molecule has 0 spiro atoms. The maximum atomic E-state index is 12.8. The summed E-state index contributed by atoms with van der Waals surface area (Å²) in [6, 6.07) is 7.53. The van der Waals surface area contributed by atoms with E-state index in [9.17, 15) is 26.7 Å². The number of carboxylic acid groups (broad SMARTS) is 1. The molecular weight excluding hydrogens is 418 g/mol. The molecule has 0 radical (unpaired) electrons. The first-order chi connectivity index (χ1) is 13.5. The van der Waals surface area contributed by atoms with E-state index in [0.29, 0.717) is 17.8 Å². The molecule has 0 saturated heterocycles. The van der Waals surface area contributed by atoms with E-state index in [1.165, 1.54) is 24.3 Å². The Hall–Kier alpha value is -2.63. The van der Waals surface area contributed by atoms with Gasteiger partial charge in [-0.3, -0.25) is 4.72 Å². The largest absolute Gasteiger partial charge is 0.478 e. The molecule has 0 bridgehead atoms. The van der Waals surface area contributed by atoms with Crippen LogP contribution < -0.4 is 15.2 Å². The van der Waals surface area contributed by atoms with Crippen molar-refractivity contribution in [3.63, 3.8) is 0 Å². The molecule has 0 saturated carbocycles. The van der Waals surface area contributed by atoms with Gasteiger partial charge in [-0.15, -0.1) is 0 Å². The van der Waals surface area contributed by atoms with Gasteiger partial charge in [0.2, 0.25) is 10.0 Å². The van der Waals surface area contributed by atoms with Gasteiger partial charge in [0.1, 0.15) is 0 Å². The van der Waals surface area contributed by atoms with E-state index >= 15 is 0 Å². The molecule has 0 aliphatic rings. The summed E-state index contributed by atoms with van der Waals surface area (Å²) in [6.45, 7) is 4.10. The van der Waals surface area contributed by atoms with Crippen LogP contribution in [0.3, 0.4) is 0 Å². The molecule has 0 unspecified atom stereocenters. The van der Waals surface area contributed by atoms with Crippen LogP contribution in [0.15, 0.2) is 46.2 Å². The Balaban J connectivity index is 2.49.